The zero-order valence-electron chi connectivity index (χ0n) is 12.8. The zero-order chi connectivity index (χ0) is 16.3. The van der Waals surface area contributed by atoms with Crippen LogP contribution in [0.3, 0.4) is 0 Å². The largest absolute Gasteiger partial charge is 0.462 e. The number of rotatable bonds is 4. The fourth-order valence-electron chi connectivity index (χ4n) is 2.27. The number of anilines is 1. The highest BCUT2D eigenvalue weighted by Gasteiger charge is 2.28. The monoisotopic (exact) mass is 327 g/mol. The van der Waals surface area contributed by atoms with E-state index in [1.807, 2.05) is 7.05 Å². The van der Waals surface area contributed by atoms with Crippen LogP contribution in [-0.4, -0.2) is 63.4 Å². The van der Waals surface area contributed by atoms with Crippen molar-refractivity contribution in [1.29, 1.82) is 0 Å². The maximum absolute atomic E-state index is 12.6. The molecule has 2 N–H and O–H groups in total. The number of hydrogen-bond donors (Lipinski definition) is 1. The van der Waals surface area contributed by atoms with Crippen molar-refractivity contribution in [2.75, 3.05) is 45.6 Å². The minimum Gasteiger partial charge on any atom is -0.462 e. The van der Waals surface area contributed by atoms with Gasteiger partial charge in [0, 0.05) is 31.9 Å². The smallest absolute Gasteiger partial charge is 0.340 e. The summed E-state index contributed by atoms with van der Waals surface area (Å²) in [4.78, 5) is 13.9. The summed E-state index contributed by atoms with van der Waals surface area (Å²) in [6, 6.07) is 4.12. The van der Waals surface area contributed by atoms with Gasteiger partial charge in [0.25, 0.3) is 0 Å². The molecule has 0 radical (unpaired) electrons. The Bertz CT molecular complexity index is 652. The van der Waals surface area contributed by atoms with Gasteiger partial charge in [0.1, 0.15) is 0 Å². The molecule has 7 nitrogen and oxygen atoms in total. The number of benzene rings is 1. The number of nitrogen functional groups attached to an aromatic ring is 1. The molecule has 0 unspecified atom stereocenters. The average molecular weight is 327 g/mol. The molecule has 0 amide bonds. The topological polar surface area (TPSA) is 92.9 Å². The predicted molar refractivity (Wildman–Crippen MR) is 83.1 cm³/mol. The summed E-state index contributed by atoms with van der Waals surface area (Å²) in [7, 11) is -1.63. The number of carbonyl (C=O) groups excluding carboxylic acids is 1. The molecule has 0 aromatic heterocycles. The minimum atomic E-state index is -3.59. The number of ether oxygens (including phenoxy) is 1. The van der Waals surface area contributed by atoms with E-state index in [0.717, 1.165) is 0 Å². The van der Waals surface area contributed by atoms with Crippen molar-refractivity contribution < 1.29 is 17.9 Å². The third kappa shape index (κ3) is 3.40. The molecule has 8 heteroatoms. The highest BCUT2D eigenvalue weighted by Crippen LogP contribution is 2.22. The van der Waals surface area contributed by atoms with Gasteiger partial charge in [-0.25, -0.2) is 13.2 Å². The predicted octanol–water partition coefficient (Wildman–Crippen LogP) is 0.382. The van der Waals surface area contributed by atoms with E-state index in [4.69, 9.17) is 10.5 Å². The van der Waals surface area contributed by atoms with Crippen LogP contribution in [0.15, 0.2) is 23.1 Å². The highest BCUT2D eigenvalue weighted by molar-refractivity contribution is 7.89. The van der Waals surface area contributed by atoms with Gasteiger partial charge in [-0.1, -0.05) is 0 Å². The molecule has 0 spiro atoms. The summed E-state index contributed by atoms with van der Waals surface area (Å²) in [5, 5.41) is 0. The van der Waals surface area contributed by atoms with Crippen LogP contribution in [0.2, 0.25) is 0 Å². The Labute approximate surface area is 130 Å². The van der Waals surface area contributed by atoms with Crippen molar-refractivity contribution in [1.82, 2.24) is 9.21 Å². The molecule has 1 fully saturated rings. The maximum atomic E-state index is 12.6. The number of likely N-dealkylation sites (N-methyl/N-ethyl adjacent to an activating group) is 1. The van der Waals surface area contributed by atoms with Crippen LogP contribution in [0.25, 0.3) is 0 Å². The fourth-order valence-corrected chi connectivity index (χ4v) is 3.73. The lowest BCUT2D eigenvalue weighted by atomic mass is 10.2. The molecular formula is C14H21N3O4S. The SMILES string of the molecule is CCOC(=O)c1ccc(S(=O)(=O)N2CCN(C)CC2)cc1N. The summed E-state index contributed by atoms with van der Waals surface area (Å²) in [5.41, 5.74) is 6.09. The molecular weight excluding hydrogens is 306 g/mol. The molecule has 1 aliphatic heterocycles. The summed E-state index contributed by atoms with van der Waals surface area (Å²) in [6.45, 7) is 4.20. The minimum absolute atomic E-state index is 0.0996. The van der Waals surface area contributed by atoms with E-state index in [2.05, 4.69) is 4.90 Å². The number of nitrogens with zero attached hydrogens (tertiary/aromatic N) is 2. The number of hydrogen-bond acceptors (Lipinski definition) is 6. The highest BCUT2D eigenvalue weighted by atomic mass is 32.2. The van der Waals surface area contributed by atoms with E-state index in [0.29, 0.717) is 26.2 Å². The third-order valence-corrected chi connectivity index (χ3v) is 5.51. The summed E-state index contributed by atoms with van der Waals surface area (Å²) in [5.74, 6) is -0.552. The van der Waals surface area contributed by atoms with Crippen molar-refractivity contribution in [3.63, 3.8) is 0 Å². The molecule has 0 saturated carbocycles. The van der Waals surface area contributed by atoms with Crippen LogP contribution in [0.4, 0.5) is 5.69 Å². The van der Waals surface area contributed by atoms with E-state index in [1.165, 1.54) is 22.5 Å². The van der Waals surface area contributed by atoms with Crippen LogP contribution < -0.4 is 5.73 Å². The number of esters is 1. The first kappa shape index (κ1) is 16.7. The Hall–Kier alpha value is -1.64. The second-order valence-electron chi connectivity index (χ2n) is 5.18. The van der Waals surface area contributed by atoms with Crippen LogP contribution in [0, 0.1) is 0 Å². The molecule has 22 heavy (non-hydrogen) atoms. The van der Waals surface area contributed by atoms with Gasteiger partial charge in [-0.3, -0.25) is 0 Å². The second-order valence-corrected chi connectivity index (χ2v) is 7.11. The molecule has 0 aliphatic carbocycles. The van der Waals surface area contributed by atoms with Crippen LogP contribution in [-0.2, 0) is 14.8 Å². The van der Waals surface area contributed by atoms with E-state index in [1.54, 1.807) is 6.92 Å². The maximum Gasteiger partial charge on any atom is 0.340 e. The molecule has 1 heterocycles. The van der Waals surface area contributed by atoms with Gasteiger partial charge in [-0.05, 0) is 32.2 Å². The molecule has 0 atom stereocenters. The third-order valence-electron chi connectivity index (χ3n) is 3.62. The van der Waals surface area contributed by atoms with Crippen LogP contribution in [0.1, 0.15) is 17.3 Å². The Morgan fingerprint density at radius 3 is 2.45 bits per heavy atom. The lowest BCUT2D eigenvalue weighted by Crippen LogP contribution is -2.47. The zero-order valence-corrected chi connectivity index (χ0v) is 13.6. The Balaban J connectivity index is 2.25. The van der Waals surface area contributed by atoms with Crippen molar-refractivity contribution in [2.24, 2.45) is 0 Å². The Morgan fingerprint density at radius 1 is 1.27 bits per heavy atom. The van der Waals surface area contributed by atoms with E-state index >= 15 is 0 Å². The quantitative estimate of drug-likeness (QED) is 0.635. The molecule has 1 aromatic rings. The number of nitrogens with two attached hydrogens (primary N) is 1. The normalized spacial score (nSPS) is 17.4. The summed E-state index contributed by atoms with van der Waals surface area (Å²) in [6.07, 6.45) is 0. The van der Waals surface area contributed by atoms with Crippen molar-refractivity contribution in [2.45, 2.75) is 11.8 Å². The molecule has 122 valence electrons. The number of piperazine rings is 1. The molecule has 0 bridgehead atoms. The number of sulfonamides is 1. The molecule has 1 aliphatic rings. The molecule has 1 saturated heterocycles. The Morgan fingerprint density at radius 2 is 1.91 bits per heavy atom. The van der Waals surface area contributed by atoms with Crippen molar-refractivity contribution in [3.05, 3.63) is 23.8 Å². The van der Waals surface area contributed by atoms with Crippen LogP contribution >= 0.6 is 0 Å². The van der Waals surface area contributed by atoms with Crippen molar-refractivity contribution in [3.8, 4) is 0 Å². The lowest BCUT2D eigenvalue weighted by Gasteiger charge is -2.31. The fraction of sp³-hybridized carbons (Fsp3) is 0.500. The van der Waals surface area contributed by atoms with E-state index in [9.17, 15) is 13.2 Å². The van der Waals surface area contributed by atoms with Crippen LogP contribution in [0.5, 0.6) is 0 Å². The lowest BCUT2D eigenvalue weighted by molar-refractivity contribution is 0.0527. The molecule has 2 rings (SSSR count). The molecule has 1 aromatic carbocycles. The van der Waals surface area contributed by atoms with E-state index < -0.39 is 16.0 Å². The van der Waals surface area contributed by atoms with Gasteiger partial charge in [0.2, 0.25) is 10.0 Å². The first-order valence-corrected chi connectivity index (χ1v) is 8.55. The van der Waals surface area contributed by atoms with E-state index in [-0.39, 0.29) is 22.8 Å². The first-order valence-electron chi connectivity index (χ1n) is 7.11. The van der Waals surface area contributed by atoms with Gasteiger partial charge in [-0.2, -0.15) is 4.31 Å². The van der Waals surface area contributed by atoms with Gasteiger partial charge in [0.15, 0.2) is 0 Å². The second kappa shape index (κ2) is 6.64. The van der Waals surface area contributed by atoms with Gasteiger partial charge < -0.3 is 15.4 Å². The average Bonchev–Trinajstić information content (AvgIpc) is 2.47. The van der Waals surface area contributed by atoms with Gasteiger partial charge in [-0.15, -0.1) is 0 Å². The Kier molecular flexibility index (Phi) is 5.05. The first-order chi connectivity index (χ1) is 10.4. The summed E-state index contributed by atoms with van der Waals surface area (Å²) >= 11 is 0. The van der Waals surface area contributed by atoms with Gasteiger partial charge >= 0.3 is 5.97 Å². The standard InChI is InChI=1S/C14H21N3O4S/c1-3-21-14(18)12-5-4-11(10-13(12)15)22(19,20)17-8-6-16(2)7-9-17/h4-5,10H,3,6-9,15H2,1-2H3. The van der Waals surface area contributed by atoms with Crippen molar-refractivity contribution >= 4 is 21.7 Å². The van der Waals surface area contributed by atoms with Gasteiger partial charge in [0.05, 0.1) is 17.1 Å². The summed E-state index contributed by atoms with van der Waals surface area (Å²) < 4.78 is 31.5. The number of carbonyl (C=O) groups is 1.